The lowest BCUT2D eigenvalue weighted by Crippen LogP contribution is -2.17. The highest BCUT2D eigenvalue weighted by molar-refractivity contribution is 6.03. The lowest BCUT2D eigenvalue weighted by atomic mass is 10.1. The van der Waals surface area contributed by atoms with Gasteiger partial charge in [-0.1, -0.05) is 6.07 Å². The smallest absolute Gasteiger partial charge is 0.276 e. The van der Waals surface area contributed by atoms with Crippen LogP contribution in [0.3, 0.4) is 0 Å². The second-order valence-electron chi connectivity index (χ2n) is 4.34. The lowest BCUT2D eigenvalue weighted by Gasteiger charge is -2.08. The zero-order chi connectivity index (χ0) is 13.8. The first kappa shape index (κ1) is 13.2. The van der Waals surface area contributed by atoms with Crippen LogP contribution in [-0.2, 0) is 6.61 Å². The molecular formula is C14H15N3O2. The van der Waals surface area contributed by atoms with Crippen molar-refractivity contribution < 1.29 is 9.90 Å². The van der Waals surface area contributed by atoms with Crippen LogP contribution in [-0.4, -0.2) is 21.0 Å². The number of amides is 1. The number of hydrogen-bond donors (Lipinski definition) is 2. The minimum Gasteiger partial charge on any atom is -0.390 e. The summed E-state index contributed by atoms with van der Waals surface area (Å²) in [4.78, 5) is 20.0. The van der Waals surface area contributed by atoms with Crippen molar-refractivity contribution in [2.45, 2.75) is 20.5 Å². The molecule has 0 radical (unpaired) electrons. The van der Waals surface area contributed by atoms with Crippen LogP contribution in [0.5, 0.6) is 0 Å². The molecule has 0 aliphatic rings. The van der Waals surface area contributed by atoms with Crippen molar-refractivity contribution in [3.05, 3.63) is 53.1 Å². The van der Waals surface area contributed by atoms with Crippen LogP contribution < -0.4 is 5.32 Å². The molecule has 0 saturated carbocycles. The van der Waals surface area contributed by atoms with Gasteiger partial charge < -0.3 is 10.4 Å². The second-order valence-corrected chi connectivity index (χ2v) is 4.34. The van der Waals surface area contributed by atoms with E-state index in [1.807, 2.05) is 32.0 Å². The molecule has 2 N–H and O–H groups in total. The van der Waals surface area contributed by atoms with Crippen LogP contribution in [0.2, 0.25) is 0 Å². The first-order valence-corrected chi connectivity index (χ1v) is 5.90. The van der Waals surface area contributed by atoms with Crippen molar-refractivity contribution >= 4 is 11.6 Å². The quantitative estimate of drug-likeness (QED) is 0.879. The number of aryl methyl sites for hydroxylation is 2. The Morgan fingerprint density at radius 3 is 2.42 bits per heavy atom. The maximum atomic E-state index is 12.1. The summed E-state index contributed by atoms with van der Waals surface area (Å²) in [5, 5.41) is 11.9. The highest BCUT2D eigenvalue weighted by atomic mass is 16.3. The zero-order valence-electron chi connectivity index (χ0n) is 10.8. The van der Waals surface area contributed by atoms with Crippen molar-refractivity contribution in [2.75, 3.05) is 5.32 Å². The molecule has 5 heteroatoms. The maximum Gasteiger partial charge on any atom is 0.276 e. The van der Waals surface area contributed by atoms with Crippen molar-refractivity contribution in [1.82, 2.24) is 9.97 Å². The molecule has 0 fully saturated rings. The Morgan fingerprint density at radius 2 is 1.79 bits per heavy atom. The van der Waals surface area contributed by atoms with E-state index in [-0.39, 0.29) is 23.9 Å². The van der Waals surface area contributed by atoms with Gasteiger partial charge in [0.1, 0.15) is 0 Å². The van der Waals surface area contributed by atoms with Gasteiger partial charge in [0.25, 0.3) is 5.91 Å². The summed E-state index contributed by atoms with van der Waals surface area (Å²) >= 11 is 0. The summed E-state index contributed by atoms with van der Waals surface area (Å²) in [5.41, 5.74) is 3.25. The van der Waals surface area contributed by atoms with Crippen LogP contribution in [0, 0.1) is 13.8 Å². The number of nitrogens with one attached hydrogen (secondary N) is 1. The fourth-order valence-corrected chi connectivity index (χ4v) is 1.91. The first-order chi connectivity index (χ1) is 9.10. The third-order valence-electron chi connectivity index (χ3n) is 2.62. The van der Waals surface area contributed by atoms with E-state index in [4.69, 9.17) is 5.11 Å². The molecule has 98 valence electrons. The largest absolute Gasteiger partial charge is 0.390 e. The van der Waals surface area contributed by atoms with Crippen LogP contribution in [0.4, 0.5) is 5.69 Å². The molecule has 5 nitrogen and oxygen atoms in total. The van der Waals surface area contributed by atoms with Crippen molar-refractivity contribution in [2.24, 2.45) is 0 Å². The van der Waals surface area contributed by atoms with E-state index in [0.717, 1.165) is 11.1 Å². The predicted molar refractivity (Wildman–Crippen MR) is 71.8 cm³/mol. The topological polar surface area (TPSA) is 75.1 Å². The van der Waals surface area contributed by atoms with Gasteiger partial charge in [0.05, 0.1) is 12.3 Å². The fraction of sp³-hybridized carbons (Fsp3) is 0.214. The normalized spacial score (nSPS) is 10.3. The Hall–Kier alpha value is -2.27. The molecule has 0 bridgehead atoms. The van der Waals surface area contributed by atoms with Gasteiger partial charge in [-0.15, -0.1) is 0 Å². The molecule has 1 aromatic heterocycles. The van der Waals surface area contributed by atoms with Gasteiger partial charge in [0.2, 0.25) is 0 Å². The molecule has 0 saturated heterocycles. The van der Waals surface area contributed by atoms with Gasteiger partial charge >= 0.3 is 0 Å². The molecule has 1 amide bonds. The summed E-state index contributed by atoms with van der Waals surface area (Å²) in [5.74, 6) is -0.373. The molecule has 0 unspecified atom stereocenters. The van der Waals surface area contributed by atoms with E-state index in [9.17, 15) is 4.79 Å². The number of aromatic nitrogens is 2. The van der Waals surface area contributed by atoms with Crippen molar-refractivity contribution in [3.63, 3.8) is 0 Å². The van der Waals surface area contributed by atoms with Gasteiger partial charge in [-0.25, -0.2) is 4.98 Å². The molecular weight excluding hydrogens is 242 g/mol. The molecule has 19 heavy (non-hydrogen) atoms. The summed E-state index contributed by atoms with van der Waals surface area (Å²) < 4.78 is 0. The van der Waals surface area contributed by atoms with Crippen LogP contribution in [0.1, 0.15) is 27.3 Å². The zero-order valence-corrected chi connectivity index (χ0v) is 10.8. The van der Waals surface area contributed by atoms with E-state index in [1.165, 1.54) is 12.4 Å². The van der Waals surface area contributed by atoms with Crippen LogP contribution in [0.15, 0.2) is 30.6 Å². The SMILES string of the molecule is Cc1cc(C)cc(NC(=O)c2nccnc2CO)c1. The average molecular weight is 257 g/mol. The lowest BCUT2D eigenvalue weighted by molar-refractivity contribution is 0.101. The van der Waals surface area contributed by atoms with Gasteiger partial charge in [-0.05, 0) is 37.1 Å². The molecule has 0 spiro atoms. The number of aliphatic hydroxyl groups excluding tert-OH is 1. The van der Waals surface area contributed by atoms with Crippen molar-refractivity contribution in [3.8, 4) is 0 Å². The fourth-order valence-electron chi connectivity index (χ4n) is 1.91. The van der Waals surface area contributed by atoms with E-state index < -0.39 is 0 Å². The number of benzene rings is 1. The monoisotopic (exact) mass is 257 g/mol. The summed E-state index contributed by atoms with van der Waals surface area (Å²) in [7, 11) is 0. The predicted octanol–water partition coefficient (Wildman–Crippen LogP) is 1.84. The number of hydrogen-bond acceptors (Lipinski definition) is 4. The number of carbonyl (C=O) groups excluding carboxylic acids is 1. The summed E-state index contributed by atoms with van der Waals surface area (Å²) in [6, 6.07) is 5.77. The van der Waals surface area contributed by atoms with Gasteiger partial charge in [-0.3, -0.25) is 9.78 Å². The van der Waals surface area contributed by atoms with E-state index in [0.29, 0.717) is 5.69 Å². The second kappa shape index (κ2) is 5.58. The Morgan fingerprint density at radius 1 is 1.16 bits per heavy atom. The standard InChI is InChI=1S/C14H15N3O2/c1-9-5-10(2)7-11(6-9)17-14(19)13-12(8-18)15-3-4-16-13/h3-7,18H,8H2,1-2H3,(H,17,19). The van der Waals surface area contributed by atoms with E-state index >= 15 is 0 Å². The van der Waals surface area contributed by atoms with Gasteiger partial charge in [-0.2, -0.15) is 0 Å². The molecule has 0 atom stereocenters. The highest BCUT2D eigenvalue weighted by Gasteiger charge is 2.13. The third kappa shape index (κ3) is 3.14. The average Bonchev–Trinajstić information content (AvgIpc) is 2.37. The minimum absolute atomic E-state index is 0.143. The number of anilines is 1. The summed E-state index contributed by atoms with van der Waals surface area (Å²) in [6.07, 6.45) is 2.87. The number of aliphatic hydroxyl groups is 1. The number of carbonyl (C=O) groups is 1. The molecule has 0 aliphatic heterocycles. The van der Waals surface area contributed by atoms with Crippen molar-refractivity contribution in [1.29, 1.82) is 0 Å². The van der Waals surface area contributed by atoms with Gasteiger partial charge in [0.15, 0.2) is 5.69 Å². The van der Waals surface area contributed by atoms with E-state index in [2.05, 4.69) is 15.3 Å². The van der Waals surface area contributed by atoms with Crippen LogP contribution in [0.25, 0.3) is 0 Å². The maximum absolute atomic E-state index is 12.1. The first-order valence-electron chi connectivity index (χ1n) is 5.90. The Kier molecular flexibility index (Phi) is 3.87. The Bertz CT molecular complexity index is 591. The number of nitrogens with zero attached hydrogens (tertiary/aromatic N) is 2. The Labute approximate surface area is 111 Å². The summed E-state index contributed by atoms with van der Waals surface area (Å²) in [6.45, 7) is 3.61. The van der Waals surface area contributed by atoms with Gasteiger partial charge in [0, 0.05) is 18.1 Å². The van der Waals surface area contributed by atoms with E-state index in [1.54, 1.807) is 0 Å². The third-order valence-corrected chi connectivity index (χ3v) is 2.62. The molecule has 1 aromatic carbocycles. The molecule has 2 aromatic rings. The molecule has 0 aliphatic carbocycles. The number of rotatable bonds is 3. The molecule has 1 heterocycles. The minimum atomic E-state index is -0.373. The Balaban J connectivity index is 2.25. The van der Waals surface area contributed by atoms with Crippen LogP contribution >= 0.6 is 0 Å². The molecule has 2 rings (SSSR count). The highest BCUT2D eigenvalue weighted by Crippen LogP contribution is 2.15.